The van der Waals surface area contributed by atoms with Gasteiger partial charge in [-0.05, 0) is 0 Å². The number of hydrogen-bond donors (Lipinski definition) is 0. The van der Waals surface area contributed by atoms with Gasteiger partial charge < -0.3 is 33.2 Å². The lowest BCUT2D eigenvalue weighted by Gasteiger charge is -2.09. The summed E-state index contributed by atoms with van der Waals surface area (Å²) >= 11 is 0. The number of esters is 1. The third-order valence-electron chi connectivity index (χ3n) is 3.79. The smallest absolute Gasteiger partial charge is 0.313 e. The fourth-order valence-corrected chi connectivity index (χ4v) is 2.17. The van der Waals surface area contributed by atoms with E-state index in [4.69, 9.17) is 28.4 Å². The molecule has 0 aromatic heterocycles. The molecule has 194 valence electrons. The van der Waals surface area contributed by atoms with E-state index in [2.05, 4.69) is 11.3 Å². The van der Waals surface area contributed by atoms with Crippen LogP contribution in [0.25, 0.3) is 0 Å². The first-order valence-electron chi connectivity index (χ1n) is 10.2. The summed E-state index contributed by atoms with van der Waals surface area (Å²) in [5.74, 6) is -14.1. The molecular weight excluding hydrogens is 475 g/mol. The van der Waals surface area contributed by atoms with E-state index in [1.54, 1.807) is 0 Å². The Hall–Kier alpha value is -2.32. The minimum Gasteiger partial charge on any atom is -0.499 e. The van der Waals surface area contributed by atoms with Gasteiger partial charge in [0.25, 0.3) is 0 Å². The Balaban J connectivity index is 1.96. The number of ether oxygens (including phenoxy) is 7. The summed E-state index contributed by atoms with van der Waals surface area (Å²) in [4.78, 5) is 11.5. The van der Waals surface area contributed by atoms with E-state index in [-0.39, 0.29) is 26.4 Å². The van der Waals surface area contributed by atoms with Gasteiger partial charge in [0.1, 0.15) is 6.61 Å². The van der Waals surface area contributed by atoms with Crippen LogP contribution in [0.15, 0.2) is 12.8 Å². The van der Waals surface area contributed by atoms with Crippen LogP contribution in [0.5, 0.6) is 5.75 Å². The quantitative estimate of drug-likeness (QED) is 0.0512. The highest BCUT2D eigenvalue weighted by molar-refractivity contribution is 5.72. The number of halogens is 5. The predicted molar refractivity (Wildman–Crippen MR) is 107 cm³/mol. The molecule has 0 atom stereocenters. The lowest BCUT2D eigenvalue weighted by molar-refractivity contribution is -0.136. The van der Waals surface area contributed by atoms with Crippen LogP contribution in [0, 0.1) is 29.1 Å². The van der Waals surface area contributed by atoms with Crippen molar-refractivity contribution in [2.45, 2.75) is 6.42 Å². The molecular formula is C21H27F5O8. The zero-order valence-corrected chi connectivity index (χ0v) is 18.4. The number of hydrogen-bond acceptors (Lipinski definition) is 8. The van der Waals surface area contributed by atoms with Crippen LogP contribution in [0.2, 0.25) is 0 Å². The van der Waals surface area contributed by atoms with Gasteiger partial charge in [0.15, 0.2) is 0 Å². The normalized spacial score (nSPS) is 11.0. The average molecular weight is 502 g/mol. The maximum atomic E-state index is 13.4. The largest absolute Gasteiger partial charge is 0.499 e. The predicted octanol–water partition coefficient (Wildman–Crippen LogP) is 2.92. The van der Waals surface area contributed by atoms with Crippen molar-refractivity contribution in [3.63, 3.8) is 0 Å². The molecule has 1 aromatic carbocycles. The molecule has 8 nitrogen and oxygen atoms in total. The number of rotatable bonds is 20. The Morgan fingerprint density at radius 1 is 0.588 bits per heavy atom. The summed E-state index contributed by atoms with van der Waals surface area (Å²) in [7, 11) is 0. The van der Waals surface area contributed by atoms with Gasteiger partial charge >= 0.3 is 5.97 Å². The van der Waals surface area contributed by atoms with Gasteiger partial charge in [-0.1, -0.05) is 6.58 Å². The van der Waals surface area contributed by atoms with Crippen LogP contribution in [-0.4, -0.2) is 78.6 Å². The summed E-state index contributed by atoms with van der Waals surface area (Å²) in [5.41, 5.74) is 0. The monoisotopic (exact) mass is 502 g/mol. The number of benzene rings is 1. The van der Waals surface area contributed by atoms with Gasteiger partial charge in [-0.2, -0.15) is 8.78 Å². The molecule has 1 rings (SSSR count). The molecule has 0 amide bonds. The minimum atomic E-state index is -2.34. The van der Waals surface area contributed by atoms with Crippen LogP contribution in [0.4, 0.5) is 22.0 Å². The zero-order chi connectivity index (χ0) is 25.2. The van der Waals surface area contributed by atoms with E-state index in [0.717, 1.165) is 0 Å². The molecule has 0 N–H and O–H groups in total. The second kappa shape index (κ2) is 18.1. The summed E-state index contributed by atoms with van der Waals surface area (Å²) in [6.07, 6.45) is 0.867. The van der Waals surface area contributed by atoms with Crippen molar-refractivity contribution in [3.05, 3.63) is 41.9 Å². The van der Waals surface area contributed by atoms with Gasteiger partial charge in [0, 0.05) is 0 Å². The van der Waals surface area contributed by atoms with Gasteiger partial charge in [0.2, 0.25) is 34.8 Å². The summed E-state index contributed by atoms with van der Waals surface area (Å²) in [6, 6.07) is 0. The highest BCUT2D eigenvalue weighted by Gasteiger charge is 2.28. The van der Waals surface area contributed by atoms with Crippen molar-refractivity contribution in [2.24, 2.45) is 0 Å². The molecule has 0 saturated carbocycles. The minimum absolute atomic E-state index is 0.0940. The van der Waals surface area contributed by atoms with Crippen molar-refractivity contribution in [1.29, 1.82) is 0 Å². The maximum absolute atomic E-state index is 13.4. The van der Waals surface area contributed by atoms with Gasteiger partial charge in [0.05, 0.1) is 78.8 Å². The van der Waals surface area contributed by atoms with Crippen LogP contribution in [-0.2, 0) is 33.2 Å². The van der Waals surface area contributed by atoms with E-state index in [1.165, 1.54) is 6.26 Å². The highest BCUT2D eigenvalue weighted by Crippen LogP contribution is 2.29. The molecule has 0 fully saturated rings. The van der Waals surface area contributed by atoms with E-state index in [9.17, 15) is 26.7 Å². The molecule has 0 aliphatic heterocycles. The average Bonchev–Trinajstić information content (AvgIpc) is 2.83. The highest BCUT2D eigenvalue weighted by atomic mass is 19.2. The second-order valence-electron chi connectivity index (χ2n) is 6.22. The van der Waals surface area contributed by atoms with Gasteiger partial charge in [-0.15, -0.1) is 0 Å². The molecule has 0 aliphatic carbocycles. The van der Waals surface area contributed by atoms with Crippen LogP contribution in [0.3, 0.4) is 0 Å². The SMILES string of the molecule is C=COCCOCCOCCOCCOCCOCCC(=O)Oc1c(F)c(F)c(F)c(F)c1F. The third-order valence-corrected chi connectivity index (χ3v) is 3.79. The van der Waals surface area contributed by atoms with Crippen molar-refractivity contribution < 1.29 is 59.9 Å². The van der Waals surface area contributed by atoms with Crippen LogP contribution < -0.4 is 4.74 Å². The topological polar surface area (TPSA) is 81.7 Å². The Kier molecular flexibility index (Phi) is 15.8. The lowest BCUT2D eigenvalue weighted by atomic mass is 10.2. The molecule has 0 spiro atoms. The van der Waals surface area contributed by atoms with Crippen molar-refractivity contribution in [3.8, 4) is 5.75 Å². The number of carbonyl (C=O) groups is 1. The summed E-state index contributed by atoms with van der Waals surface area (Å²) in [6.45, 7) is 6.63. The van der Waals surface area contributed by atoms with Crippen LogP contribution >= 0.6 is 0 Å². The molecule has 34 heavy (non-hydrogen) atoms. The summed E-state index contributed by atoms with van der Waals surface area (Å²) < 4.78 is 101. The molecule has 0 saturated heterocycles. The molecule has 0 heterocycles. The molecule has 0 aliphatic rings. The molecule has 1 aromatic rings. The zero-order valence-electron chi connectivity index (χ0n) is 18.4. The first-order chi connectivity index (χ1) is 16.4. The maximum Gasteiger partial charge on any atom is 0.313 e. The lowest BCUT2D eigenvalue weighted by Crippen LogP contribution is -2.16. The summed E-state index contributed by atoms with van der Waals surface area (Å²) in [5, 5.41) is 0. The first-order valence-corrected chi connectivity index (χ1v) is 10.2. The van der Waals surface area contributed by atoms with Crippen molar-refractivity contribution >= 4 is 5.97 Å². The Labute approximate surface area is 193 Å². The Bertz CT molecular complexity index is 721. The second-order valence-corrected chi connectivity index (χ2v) is 6.22. The van der Waals surface area contributed by atoms with Crippen molar-refractivity contribution in [1.82, 2.24) is 0 Å². The van der Waals surface area contributed by atoms with E-state index >= 15 is 0 Å². The van der Waals surface area contributed by atoms with Crippen molar-refractivity contribution in [2.75, 3.05) is 72.7 Å². The standard InChI is InChI=1S/C21H27F5O8/c1-2-28-5-6-30-9-10-32-13-14-33-12-11-31-8-7-29-4-3-15(27)34-21-19(25)17(23)16(22)18(24)20(21)26/h2H,1,3-14H2. The Morgan fingerprint density at radius 2 is 0.941 bits per heavy atom. The van der Waals surface area contributed by atoms with E-state index < -0.39 is 47.2 Å². The fourth-order valence-electron chi connectivity index (χ4n) is 2.17. The molecule has 13 heteroatoms. The molecule has 0 bridgehead atoms. The fraction of sp³-hybridized carbons (Fsp3) is 0.571. The van der Waals surface area contributed by atoms with E-state index in [1.807, 2.05) is 0 Å². The van der Waals surface area contributed by atoms with E-state index in [0.29, 0.717) is 46.2 Å². The third kappa shape index (κ3) is 11.7. The Morgan fingerprint density at radius 3 is 1.35 bits per heavy atom. The number of carbonyl (C=O) groups excluding carboxylic acids is 1. The molecule has 0 radical (unpaired) electrons. The van der Waals surface area contributed by atoms with Gasteiger partial charge in [-0.25, -0.2) is 13.2 Å². The van der Waals surface area contributed by atoms with Gasteiger partial charge in [-0.3, -0.25) is 4.79 Å². The first kappa shape index (κ1) is 29.7. The molecule has 0 unspecified atom stereocenters. The van der Waals surface area contributed by atoms with Crippen LogP contribution in [0.1, 0.15) is 6.42 Å².